The molecular weight excluding hydrogens is 202 g/mol. The van der Waals surface area contributed by atoms with Crippen LogP contribution >= 0.6 is 0 Å². The van der Waals surface area contributed by atoms with Crippen LogP contribution in [0.15, 0.2) is 41.2 Å². The Bertz CT molecular complexity index is 543. The molecule has 0 bridgehead atoms. The van der Waals surface area contributed by atoms with E-state index in [1.165, 1.54) is 11.6 Å². The number of aryl methyl sites for hydroxylation is 1. The Morgan fingerprint density at radius 2 is 1.81 bits per heavy atom. The molecule has 0 spiro atoms. The van der Waals surface area contributed by atoms with Crippen LogP contribution < -0.4 is 16.6 Å². The summed E-state index contributed by atoms with van der Waals surface area (Å²) in [7, 11) is 0. The number of aromatic nitrogens is 1. The Morgan fingerprint density at radius 1 is 1.12 bits per heavy atom. The maximum Gasteiger partial charge on any atom is 0.249 e. The lowest BCUT2D eigenvalue weighted by Gasteiger charge is -2.08. The third-order valence-electron chi connectivity index (χ3n) is 2.27. The predicted octanol–water partition coefficient (Wildman–Crippen LogP) is 2.01. The Morgan fingerprint density at radius 3 is 2.50 bits per heavy atom. The van der Waals surface area contributed by atoms with Gasteiger partial charge in [0.15, 0.2) is 0 Å². The first-order valence-electron chi connectivity index (χ1n) is 4.97. The van der Waals surface area contributed by atoms with E-state index in [-0.39, 0.29) is 5.56 Å². The highest BCUT2D eigenvalue weighted by Crippen LogP contribution is 2.18. The Kier molecular flexibility index (Phi) is 2.64. The molecule has 0 radical (unpaired) electrons. The van der Waals surface area contributed by atoms with E-state index < -0.39 is 0 Å². The number of nitrogens with two attached hydrogens (primary N) is 1. The van der Waals surface area contributed by atoms with Crippen molar-refractivity contribution in [2.45, 2.75) is 6.92 Å². The van der Waals surface area contributed by atoms with E-state index in [1.54, 1.807) is 6.07 Å². The molecule has 82 valence electrons. The van der Waals surface area contributed by atoms with Crippen molar-refractivity contribution in [2.24, 2.45) is 0 Å². The van der Waals surface area contributed by atoms with Gasteiger partial charge in [0, 0.05) is 11.8 Å². The topological polar surface area (TPSA) is 70.9 Å². The van der Waals surface area contributed by atoms with Gasteiger partial charge in [-0.1, -0.05) is 17.7 Å². The van der Waals surface area contributed by atoms with Crippen molar-refractivity contribution >= 4 is 17.2 Å². The van der Waals surface area contributed by atoms with Gasteiger partial charge < -0.3 is 16.0 Å². The quantitative estimate of drug-likeness (QED) is 0.717. The number of anilines is 3. The molecule has 0 aliphatic heterocycles. The number of hydrogen-bond acceptors (Lipinski definition) is 3. The van der Waals surface area contributed by atoms with Crippen LogP contribution in [-0.2, 0) is 0 Å². The molecule has 1 aromatic heterocycles. The highest BCUT2D eigenvalue weighted by atomic mass is 16.1. The molecule has 0 amide bonds. The van der Waals surface area contributed by atoms with Crippen molar-refractivity contribution in [1.29, 1.82) is 0 Å². The van der Waals surface area contributed by atoms with Gasteiger partial charge in [-0.3, -0.25) is 4.79 Å². The van der Waals surface area contributed by atoms with Crippen molar-refractivity contribution in [1.82, 2.24) is 4.98 Å². The fraction of sp³-hybridized carbons (Fsp3) is 0.0833. The Labute approximate surface area is 93.1 Å². The summed E-state index contributed by atoms with van der Waals surface area (Å²) >= 11 is 0. The number of H-pyrrole nitrogens is 1. The average Bonchev–Trinajstić information content (AvgIpc) is 2.27. The molecule has 0 saturated heterocycles. The third kappa shape index (κ3) is 2.23. The second-order valence-electron chi connectivity index (χ2n) is 3.64. The highest BCUT2D eigenvalue weighted by molar-refractivity contribution is 5.68. The lowest BCUT2D eigenvalue weighted by molar-refractivity contribution is 1.23. The first-order chi connectivity index (χ1) is 7.65. The largest absolute Gasteiger partial charge is 0.396 e. The average molecular weight is 215 g/mol. The van der Waals surface area contributed by atoms with Gasteiger partial charge in [-0.15, -0.1) is 0 Å². The first kappa shape index (κ1) is 10.3. The van der Waals surface area contributed by atoms with Crippen LogP contribution in [0, 0.1) is 6.92 Å². The number of nitrogens with one attached hydrogen (secondary N) is 2. The number of aromatic amines is 1. The van der Waals surface area contributed by atoms with E-state index in [0.29, 0.717) is 11.5 Å². The lowest BCUT2D eigenvalue weighted by atomic mass is 10.2. The zero-order valence-corrected chi connectivity index (χ0v) is 8.95. The summed E-state index contributed by atoms with van der Waals surface area (Å²) in [6.07, 6.45) is 0. The molecule has 4 nitrogen and oxygen atoms in total. The monoisotopic (exact) mass is 215 g/mol. The van der Waals surface area contributed by atoms with E-state index in [0.717, 1.165) is 5.69 Å². The maximum absolute atomic E-state index is 11.1. The minimum absolute atomic E-state index is 0.177. The zero-order chi connectivity index (χ0) is 11.5. The zero-order valence-electron chi connectivity index (χ0n) is 8.95. The molecule has 0 unspecified atom stereocenters. The van der Waals surface area contributed by atoms with Gasteiger partial charge >= 0.3 is 0 Å². The maximum atomic E-state index is 11.1. The molecular formula is C12H13N3O. The fourth-order valence-corrected chi connectivity index (χ4v) is 1.37. The summed E-state index contributed by atoms with van der Waals surface area (Å²) in [5.41, 5.74) is 8.14. The second kappa shape index (κ2) is 4.10. The van der Waals surface area contributed by atoms with Crippen LogP contribution in [0.3, 0.4) is 0 Å². The molecule has 1 aromatic carbocycles. The van der Waals surface area contributed by atoms with Crippen molar-refractivity contribution in [3.05, 3.63) is 52.3 Å². The van der Waals surface area contributed by atoms with Gasteiger partial charge in [0.05, 0.1) is 5.69 Å². The van der Waals surface area contributed by atoms with Crippen LogP contribution in [-0.4, -0.2) is 4.98 Å². The van der Waals surface area contributed by atoms with Crippen molar-refractivity contribution in [3.8, 4) is 0 Å². The minimum atomic E-state index is -0.177. The molecule has 4 N–H and O–H groups in total. The van der Waals surface area contributed by atoms with Gasteiger partial charge in [0.25, 0.3) is 0 Å². The SMILES string of the molecule is Cc1ccc(Nc2[nH]c(=O)ccc2N)cc1. The summed E-state index contributed by atoms with van der Waals surface area (Å²) in [5.74, 6) is 0.524. The standard InChI is InChI=1S/C12H13N3O/c1-8-2-4-9(5-3-8)14-12-10(13)6-7-11(16)15-12/h2-7H,13H2,1H3,(H2,14,15,16). The highest BCUT2D eigenvalue weighted by Gasteiger charge is 2.00. The van der Waals surface area contributed by atoms with E-state index in [4.69, 9.17) is 5.73 Å². The molecule has 4 heteroatoms. The van der Waals surface area contributed by atoms with Crippen molar-refractivity contribution in [3.63, 3.8) is 0 Å². The molecule has 0 aliphatic carbocycles. The molecule has 0 atom stereocenters. The van der Waals surface area contributed by atoms with Gasteiger partial charge in [-0.25, -0.2) is 0 Å². The van der Waals surface area contributed by atoms with Gasteiger partial charge in [0.1, 0.15) is 5.82 Å². The van der Waals surface area contributed by atoms with E-state index in [2.05, 4.69) is 10.3 Å². The van der Waals surface area contributed by atoms with Crippen molar-refractivity contribution in [2.75, 3.05) is 11.1 Å². The summed E-state index contributed by atoms with van der Waals surface area (Å²) in [6.45, 7) is 2.02. The summed E-state index contributed by atoms with van der Waals surface area (Å²) in [4.78, 5) is 13.8. The third-order valence-corrected chi connectivity index (χ3v) is 2.27. The summed E-state index contributed by atoms with van der Waals surface area (Å²) in [5, 5.41) is 3.06. The molecule has 2 rings (SSSR count). The van der Waals surface area contributed by atoms with Crippen molar-refractivity contribution < 1.29 is 0 Å². The number of pyridine rings is 1. The number of rotatable bonds is 2. The molecule has 0 saturated carbocycles. The Balaban J connectivity index is 2.30. The van der Waals surface area contributed by atoms with Gasteiger partial charge in [-0.2, -0.15) is 0 Å². The van der Waals surface area contributed by atoms with Crippen LogP contribution in [0.2, 0.25) is 0 Å². The van der Waals surface area contributed by atoms with Gasteiger partial charge in [-0.05, 0) is 25.1 Å². The van der Waals surface area contributed by atoms with E-state index in [1.807, 2.05) is 31.2 Å². The van der Waals surface area contributed by atoms with Crippen LogP contribution in [0.4, 0.5) is 17.2 Å². The fourth-order valence-electron chi connectivity index (χ4n) is 1.37. The smallest absolute Gasteiger partial charge is 0.249 e. The van der Waals surface area contributed by atoms with Crippen LogP contribution in [0.25, 0.3) is 0 Å². The minimum Gasteiger partial charge on any atom is -0.396 e. The summed E-state index contributed by atoms with van der Waals surface area (Å²) in [6, 6.07) is 10.8. The predicted molar refractivity (Wildman–Crippen MR) is 65.9 cm³/mol. The van der Waals surface area contributed by atoms with Crippen LogP contribution in [0.1, 0.15) is 5.56 Å². The molecule has 16 heavy (non-hydrogen) atoms. The lowest BCUT2D eigenvalue weighted by Crippen LogP contribution is -2.09. The number of nitrogen functional groups attached to an aromatic ring is 1. The van der Waals surface area contributed by atoms with E-state index >= 15 is 0 Å². The first-order valence-corrected chi connectivity index (χ1v) is 4.97. The van der Waals surface area contributed by atoms with E-state index in [9.17, 15) is 4.79 Å². The normalized spacial score (nSPS) is 10.1. The molecule has 0 fully saturated rings. The molecule has 1 heterocycles. The summed E-state index contributed by atoms with van der Waals surface area (Å²) < 4.78 is 0. The van der Waals surface area contributed by atoms with Gasteiger partial charge in [0.2, 0.25) is 5.56 Å². The Hall–Kier alpha value is -2.23. The molecule has 2 aromatic rings. The second-order valence-corrected chi connectivity index (χ2v) is 3.64. The molecule has 0 aliphatic rings. The number of benzene rings is 1. The van der Waals surface area contributed by atoms with Crippen LogP contribution in [0.5, 0.6) is 0 Å². The number of hydrogen-bond donors (Lipinski definition) is 3.